The van der Waals surface area contributed by atoms with Crippen LogP contribution in [0.1, 0.15) is 16.8 Å². The molecule has 0 aliphatic rings. The average molecular weight is 303 g/mol. The van der Waals surface area contributed by atoms with Gasteiger partial charge in [0.2, 0.25) is 10.0 Å². The second-order valence-corrected chi connectivity index (χ2v) is 5.45. The fourth-order valence-corrected chi connectivity index (χ4v) is 2.01. The first-order valence-electron chi connectivity index (χ1n) is 5.77. The molecule has 2 N–H and O–H groups in total. The first-order valence-corrected chi connectivity index (χ1v) is 7.31. The lowest BCUT2D eigenvalue weighted by molar-refractivity contribution is 0.0464. The molecule has 0 saturated carbocycles. The summed E-state index contributed by atoms with van der Waals surface area (Å²) in [5, 5.41) is 5.02. The third kappa shape index (κ3) is 4.48. The van der Waals surface area contributed by atoms with Gasteiger partial charge in [0.25, 0.3) is 0 Å². The molecule has 7 nitrogen and oxygen atoms in total. The number of methoxy groups -OCH3 is 2. The molecule has 8 heteroatoms. The fourth-order valence-electron chi connectivity index (χ4n) is 1.47. The van der Waals surface area contributed by atoms with Crippen molar-refractivity contribution in [3.63, 3.8) is 0 Å². The Morgan fingerprint density at radius 3 is 2.50 bits per heavy atom. The van der Waals surface area contributed by atoms with Crippen LogP contribution < -0.4 is 9.88 Å². The summed E-state index contributed by atoms with van der Waals surface area (Å²) in [6.45, 7) is 0.622. The zero-order chi connectivity index (χ0) is 15.2. The van der Waals surface area contributed by atoms with Gasteiger partial charge in [0, 0.05) is 20.1 Å². The Bertz CT molecular complexity index is 569. The van der Waals surface area contributed by atoms with Gasteiger partial charge in [0.1, 0.15) is 11.3 Å². The van der Waals surface area contributed by atoms with Gasteiger partial charge >= 0.3 is 5.97 Å². The third-order valence-corrected chi connectivity index (χ3v) is 3.36. The predicted molar refractivity (Wildman–Crippen MR) is 71.1 cm³/mol. The molecule has 0 amide bonds. The molecular weight excluding hydrogens is 286 g/mol. The molecule has 20 heavy (non-hydrogen) atoms. The van der Waals surface area contributed by atoms with Crippen LogP contribution in [0, 0.1) is 0 Å². The number of ether oxygens (including phenoxy) is 3. The zero-order valence-electron chi connectivity index (χ0n) is 11.3. The van der Waals surface area contributed by atoms with Gasteiger partial charge in [-0.3, -0.25) is 0 Å². The summed E-state index contributed by atoms with van der Waals surface area (Å²) >= 11 is 0. The number of rotatable bonds is 7. The van der Waals surface area contributed by atoms with E-state index in [1.165, 1.54) is 19.2 Å². The van der Waals surface area contributed by atoms with E-state index in [0.29, 0.717) is 13.0 Å². The molecule has 1 aromatic rings. The molecule has 112 valence electrons. The van der Waals surface area contributed by atoms with Gasteiger partial charge in [-0.1, -0.05) is 0 Å². The zero-order valence-corrected chi connectivity index (χ0v) is 12.1. The van der Waals surface area contributed by atoms with Crippen molar-refractivity contribution >= 4 is 16.0 Å². The molecule has 0 radical (unpaired) electrons. The van der Waals surface area contributed by atoms with Crippen LogP contribution in [0.25, 0.3) is 0 Å². The molecule has 1 aromatic carbocycles. The number of hydrogen-bond donors (Lipinski definition) is 1. The highest BCUT2D eigenvalue weighted by molar-refractivity contribution is 7.89. The van der Waals surface area contributed by atoms with Crippen LogP contribution in [-0.2, 0) is 19.5 Å². The number of carbonyl (C=O) groups excluding carboxylic acids is 1. The number of carbonyl (C=O) groups is 1. The molecule has 0 aromatic heterocycles. The van der Waals surface area contributed by atoms with Crippen molar-refractivity contribution in [1.29, 1.82) is 0 Å². The lowest BCUT2D eigenvalue weighted by Crippen LogP contribution is -2.15. The highest BCUT2D eigenvalue weighted by Gasteiger charge is 2.18. The number of esters is 1. The lowest BCUT2D eigenvalue weighted by Gasteiger charge is -2.10. The first-order chi connectivity index (χ1) is 9.40. The Balaban J connectivity index is 2.93. The van der Waals surface area contributed by atoms with Crippen LogP contribution in [0.5, 0.6) is 5.75 Å². The number of hydrogen-bond acceptors (Lipinski definition) is 6. The Hall–Kier alpha value is -1.64. The van der Waals surface area contributed by atoms with Crippen molar-refractivity contribution in [2.24, 2.45) is 5.14 Å². The van der Waals surface area contributed by atoms with Crippen molar-refractivity contribution in [3.8, 4) is 5.75 Å². The van der Waals surface area contributed by atoms with Crippen LogP contribution in [0.15, 0.2) is 23.1 Å². The number of primary sulfonamides is 1. The van der Waals surface area contributed by atoms with E-state index < -0.39 is 16.0 Å². The molecule has 0 saturated heterocycles. The molecule has 0 spiro atoms. The van der Waals surface area contributed by atoms with Crippen molar-refractivity contribution in [2.45, 2.75) is 11.3 Å². The summed E-state index contributed by atoms with van der Waals surface area (Å²) in [5.41, 5.74) is 0.0106. The smallest absolute Gasteiger partial charge is 0.341 e. The van der Waals surface area contributed by atoms with E-state index >= 15 is 0 Å². The van der Waals surface area contributed by atoms with E-state index in [-0.39, 0.29) is 22.8 Å². The molecule has 0 aliphatic carbocycles. The number of sulfonamides is 1. The van der Waals surface area contributed by atoms with Crippen LogP contribution in [0.3, 0.4) is 0 Å². The maximum absolute atomic E-state index is 11.9. The van der Waals surface area contributed by atoms with Crippen molar-refractivity contribution in [2.75, 3.05) is 27.4 Å². The van der Waals surface area contributed by atoms with Crippen LogP contribution >= 0.6 is 0 Å². The quantitative estimate of drug-likeness (QED) is 0.582. The fraction of sp³-hybridized carbons (Fsp3) is 0.417. The van der Waals surface area contributed by atoms with Gasteiger partial charge in [-0.05, 0) is 18.2 Å². The van der Waals surface area contributed by atoms with Crippen molar-refractivity contribution < 1.29 is 27.4 Å². The van der Waals surface area contributed by atoms with Gasteiger partial charge in [-0.2, -0.15) is 0 Å². The summed E-state index contributed by atoms with van der Waals surface area (Å²) in [6.07, 6.45) is 0.541. The summed E-state index contributed by atoms with van der Waals surface area (Å²) < 4.78 is 37.4. The van der Waals surface area contributed by atoms with Crippen LogP contribution in [0.2, 0.25) is 0 Å². The van der Waals surface area contributed by atoms with E-state index in [2.05, 4.69) is 0 Å². The van der Waals surface area contributed by atoms with Gasteiger partial charge in [0.15, 0.2) is 0 Å². The molecule has 0 atom stereocenters. The minimum absolute atomic E-state index is 0.0106. The molecule has 0 bridgehead atoms. The molecule has 0 fully saturated rings. The Kier molecular flexibility index (Phi) is 5.93. The minimum Gasteiger partial charge on any atom is -0.496 e. The van der Waals surface area contributed by atoms with E-state index in [4.69, 9.17) is 19.3 Å². The Morgan fingerprint density at radius 2 is 1.95 bits per heavy atom. The maximum atomic E-state index is 11.9. The van der Waals surface area contributed by atoms with Crippen LogP contribution in [-0.4, -0.2) is 41.8 Å². The molecule has 0 unspecified atom stereocenters. The lowest BCUT2D eigenvalue weighted by atomic mass is 10.2. The van der Waals surface area contributed by atoms with E-state index in [9.17, 15) is 13.2 Å². The van der Waals surface area contributed by atoms with Crippen molar-refractivity contribution in [3.05, 3.63) is 23.8 Å². The summed E-state index contributed by atoms with van der Waals surface area (Å²) in [6, 6.07) is 3.74. The number of benzene rings is 1. The van der Waals surface area contributed by atoms with E-state index in [0.717, 1.165) is 6.07 Å². The summed E-state index contributed by atoms with van der Waals surface area (Å²) in [7, 11) is -0.985. The molecule has 1 rings (SSSR count). The second-order valence-electron chi connectivity index (χ2n) is 3.89. The molecular formula is C12H17NO6S. The van der Waals surface area contributed by atoms with E-state index in [1.54, 1.807) is 7.11 Å². The van der Waals surface area contributed by atoms with Crippen molar-refractivity contribution in [1.82, 2.24) is 0 Å². The first kappa shape index (κ1) is 16.4. The predicted octanol–water partition coefficient (Wildman–Crippen LogP) is 0.536. The topological polar surface area (TPSA) is 105 Å². The largest absolute Gasteiger partial charge is 0.496 e. The van der Waals surface area contributed by atoms with Gasteiger partial charge < -0.3 is 14.2 Å². The highest BCUT2D eigenvalue weighted by atomic mass is 32.2. The summed E-state index contributed by atoms with van der Waals surface area (Å²) in [4.78, 5) is 11.7. The Morgan fingerprint density at radius 1 is 1.25 bits per heavy atom. The van der Waals surface area contributed by atoms with Gasteiger partial charge in [0.05, 0.1) is 18.6 Å². The standard InChI is InChI=1S/C12H17NO6S/c1-17-6-3-7-19-12(14)10-8-9(20(13,15)16)4-5-11(10)18-2/h4-5,8H,3,6-7H2,1-2H3,(H2,13,15,16). The second kappa shape index (κ2) is 7.22. The van der Waals surface area contributed by atoms with Crippen LogP contribution in [0.4, 0.5) is 0 Å². The Labute approximate surface area is 117 Å². The van der Waals surface area contributed by atoms with E-state index in [1.807, 2.05) is 0 Å². The maximum Gasteiger partial charge on any atom is 0.341 e. The third-order valence-electron chi connectivity index (χ3n) is 2.45. The SMILES string of the molecule is COCCCOC(=O)c1cc(S(N)(=O)=O)ccc1OC. The molecule has 0 heterocycles. The monoisotopic (exact) mass is 303 g/mol. The summed E-state index contributed by atoms with van der Waals surface area (Å²) in [5.74, 6) is -0.461. The molecule has 0 aliphatic heterocycles. The normalized spacial score (nSPS) is 11.2. The highest BCUT2D eigenvalue weighted by Crippen LogP contribution is 2.22. The van der Waals surface area contributed by atoms with Gasteiger partial charge in [-0.15, -0.1) is 0 Å². The average Bonchev–Trinajstić information content (AvgIpc) is 2.41. The number of nitrogens with two attached hydrogens (primary N) is 1. The minimum atomic E-state index is -3.90. The van der Waals surface area contributed by atoms with Gasteiger partial charge in [-0.25, -0.2) is 18.4 Å².